The molecule has 25 nitrogen and oxygen atoms in total. The Labute approximate surface area is 420 Å². The number of aliphatic imine (C=N–C) groups is 1. The second kappa shape index (κ2) is 30.5. The maximum atomic E-state index is 14.6. The summed E-state index contributed by atoms with van der Waals surface area (Å²) in [4.78, 5) is 141. The molecule has 0 aromatic heterocycles. The molecule has 19 N–H and O–H groups in total. The van der Waals surface area contributed by atoms with Gasteiger partial charge in [-0.3, -0.25) is 52.9 Å². The van der Waals surface area contributed by atoms with Crippen molar-refractivity contribution in [3.05, 3.63) is 35.9 Å². The molecule has 2 heterocycles. The van der Waals surface area contributed by atoms with Crippen molar-refractivity contribution in [3.8, 4) is 0 Å². The first-order chi connectivity index (χ1) is 33.7. The number of likely N-dealkylation sites (tertiary alicyclic amines) is 1. The first-order valence-electron chi connectivity index (χ1n) is 23.5. The van der Waals surface area contributed by atoms with E-state index >= 15 is 0 Å². The minimum absolute atomic E-state index is 0.0232. The molecule has 1 aromatic rings. The van der Waals surface area contributed by atoms with Gasteiger partial charge in [-0.1, -0.05) is 72.2 Å². The van der Waals surface area contributed by atoms with E-state index in [1.807, 2.05) is 0 Å². The Balaban J connectivity index is 2.05. The number of nitrogens with two attached hydrogens (primary N) is 6. The van der Waals surface area contributed by atoms with E-state index in [2.05, 4.69) is 42.2 Å². The number of benzene rings is 1. The highest BCUT2D eigenvalue weighted by molar-refractivity contribution is 8.76. The third kappa shape index (κ3) is 20.2. The van der Waals surface area contributed by atoms with Crippen molar-refractivity contribution in [1.29, 1.82) is 0 Å². The number of carbonyl (C=O) groups excluding carboxylic acids is 10. The number of amides is 10. The minimum atomic E-state index is -1.69. The highest BCUT2D eigenvalue weighted by Crippen LogP contribution is 2.26. The molecule has 10 amide bonds. The van der Waals surface area contributed by atoms with Crippen LogP contribution in [0, 0.1) is 5.92 Å². The number of carbonyl (C=O) groups is 10. The Morgan fingerprint density at radius 2 is 1.45 bits per heavy atom. The maximum absolute atomic E-state index is 14.6. The number of unbranched alkanes of at least 4 members (excludes halogenated alkanes) is 1. The standard InChI is InChI=1S/C44H71N15O10S2/c1-3-24(2)35-42(68)54-28(14-9-17-51-44(49)50)38(64)56-30(20-33(47)60)39(65)57-31(23-71-70-22-26(46)36(62)55-29(40(66)58-35)19-25-11-5-4-6-12-25)43(69)59-18-10-15-32(59)41(67)53-27(13-7-8-16-45)37(63)52-21-34(48)61/h4-6,11-12,24,26-32,35H,3,7-10,13-23,45-46H2,1-2H3,(H2,47,60)(H2,48,61)(H,52,63)(H,53,67)(H,54,68)(H,55,62)(H,56,64)(H,57,65)(H,58,66)(H4,49,50,51)/t24-,26-,27-,28?,29-,30-,31-,32-,35-/m0/s1. The van der Waals surface area contributed by atoms with Crippen LogP contribution in [0.15, 0.2) is 35.3 Å². The molecule has 27 heteroatoms. The molecule has 9 atom stereocenters. The van der Waals surface area contributed by atoms with Crippen LogP contribution in [0.25, 0.3) is 0 Å². The van der Waals surface area contributed by atoms with Gasteiger partial charge in [0.1, 0.15) is 42.3 Å². The van der Waals surface area contributed by atoms with Gasteiger partial charge >= 0.3 is 0 Å². The summed E-state index contributed by atoms with van der Waals surface area (Å²) >= 11 is 0. The van der Waals surface area contributed by atoms with Crippen LogP contribution in [-0.4, -0.2) is 156 Å². The van der Waals surface area contributed by atoms with Gasteiger partial charge in [0, 0.05) is 31.0 Å². The van der Waals surface area contributed by atoms with E-state index in [1.54, 1.807) is 44.2 Å². The molecule has 1 aromatic carbocycles. The number of nitrogens with zero attached hydrogens (tertiary/aromatic N) is 2. The van der Waals surface area contributed by atoms with Crippen molar-refractivity contribution in [3.63, 3.8) is 0 Å². The van der Waals surface area contributed by atoms with Gasteiger partial charge in [-0.25, -0.2) is 0 Å². The second-order valence-corrected chi connectivity index (χ2v) is 19.9. The van der Waals surface area contributed by atoms with E-state index < -0.39 is 126 Å². The number of nitrogens with one attached hydrogen (secondary N) is 7. The summed E-state index contributed by atoms with van der Waals surface area (Å²) in [5.41, 5.74) is 34.5. The third-order valence-electron chi connectivity index (χ3n) is 11.7. The lowest BCUT2D eigenvalue weighted by Crippen LogP contribution is -2.61. The van der Waals surface area contributed by atoms with Crippen molar-refractivity contribution in [1.82, 2.24) is 42.1 Å². The van der Waals surface area contributed by atoms with Crippen LogP contribution in [0.4, 0.5) is 0 Å². The number of guanidine groups is 1. The largest absolute Gasteiger partial charge is 0.370 e. The van der Waals surface area contributed by atoms with Gasteiger partial charge in [-0.2, -0.15) is 0 Å². The van der Waals surface area contributed by atoms with Crippen LogP contribution in [0.3, 0.4) is 0 Å². The summed E-state index contributed by atoms with van der Waals surface area (Å²) in [7, 11) is 2.12. The summed E-state index contributed by atoms with van der Waals surface area (Å²) in [6.45, 7) is 3.46. The molecule has 394 valence electrons. The lowest BCUT2D eigenvalue weighted by molar-refractivity contribution is -0.142. The molecule has 0 aliphatic carbocycles. The van der Waals surface area contributed by atoms with Gasteiger partial charge in [-0.15, -0.1) is 0 Å². The Morgan fingerprint density at radius 3 is 2.10 bits per heavy atom. The summed E-state index contributed by atoms with van der Waals surface area (Å²) in [6.07, 6.45) is 1.39. The highest BCUT2D eigenvalue weighted by Gasteiger charge is 2.41. The fourth-order valence-electron chi connectivity index (χ4n) is 7.60. The fourth-order valence-corrected chi connectivity index (χ4v) is 9.88. The molecule has 71 heavy (non-hydrogen) atoms. The molecule has 0 saturated carbocycles. The van der Waals surface area contributed by atoms with E-state index in [1.165, 1.54) is 4.90 Å². The second-order valence-electron chi connectivity index (χ2n) is 17.3. The molecule has 3 rings (SSSR count). The van der Waals surface area contributed by atoms with Gasteiger partial charge in [0.2, 0.25) is 59.1 Å². The van der Waals surface area contributed by atoms with E-state index in [4.69, 9.17) is 34.4 Å². The Morgan fingerprint density at radius 1 is 0.803 bits per heavy atom. The molecule has 0 bridgehead atoms. The molecular weight excluding hydrogens is 963 g/mol. The summed E-state index contributed by atoms with van der Waals surface area (Å²) < 4.78 is 0. The van der Waals surface area contributed by atoms with Crippen molar-refractivity contribution >= 4 is 86.6 Å². The average Bonchev–Trinajstić information content (AvgIpc) is 3.83. The predicted molar refractivity (Wildman–Crippen MR) is 268 cm³/mol. The van der Waals surface area contributed by atoms with Crippen LogP contribution in [0.1, 0.15) is 77.2 Å². The van der Waals surface area contributed by atoms with Gasteiger partial charge in [-0.05, 0) is 63.0 Å². The molecule has 2 aliphatic heterocycles. The number of primary amides is 2. The fraction of sp³-hybridized carbons (Fsp3) is 0.614. The maximum Gasteiger partial charge on any atom is 0.246 e. The molecule has 1 unspecified atom stereocenters. The number of hydrogen-bond acceptors (Lipinski definition) is 15. The van der Waals surface area contributed by atoms with Gasteiger partial charge in [0.15, 0.2) is 5.96 Å². The van der Waals surface area contributed by atoms with E-state index in [9.17, 15) is 47.9 Å². The third-order valence-corrected chi connectivity index (χ3v) is 14.1. The molecular formula is C44H71N15O10S2. The highest BCUT2D eigenvalue weighted by atomic mass is 33.1. The first-order valence-corrected chi connectivity index (χ1v) is 26.0. The molecule has 0 radical (unpaired) electrons. The van der Waals surface area contributed by atoms with Crippen LogP contribution in [0.2, 0.25) is 0 Å². The Bertz CT molecular complexity index is 2050. The van der Waals surface area contributed by atoms with Crippen molar-refractivity contribution < 1.29 is 47.9 Å². The molecule has 0 spiro atoms. The van der Waals surface area contributed by atoms with E-state index in [-0.39, 0.29) is 62.7 Å². The van der Waals surface area contributed by atoms with E-state index in [0.29, 0.717) is 37.8 Å². The zero-order valence-corrected chi connectivity index (χ0v) is 41.8. The van der Waals surface area contributed by atoms with Gasteiger partial charge in [0.25, 0.3) is 0 Å². The van der Waals surface area contributed by atoms with Crippen LogP contribution in [0.5, 0.6) is 0 Å². The lowest BCUT2D eigenvalue weighted by Gasteiger charge is -2.31. The first kappa shape index (κ1) is 59.1. The van der Waals surface area contributed by atoms with Crippen LogP contribution < -0.4 is 71.6 Å². The summed E-state index contributed by atoms with van der Waals surface area (Å²) in [5.74, 6) is -8.99. The molecule has 2 aliphatic rings. The zero-order chi connectivity index (χ0) is 52.6. The monoisotopic (exact) mass is 1030 g/mol. The summed E-state index contributed by atoms with van der Waals surface area (Å²) in [5, 5.41) is 18.3. The average molecular weight is 1030 g/mol. The quantitative estimate of drug-likeness (QED) is 0.0254. The molecule has 2 fully saturated rings. The lowest BCUT2D eigenvalue weighted by atomic mass is 9.96. The van der Waals surface area contributed by atoms with Crippen molar-refractivity contribution in [2.75, 3.05) is 37.7 Å². The minimum Gasteiger partial charge on any atom is -0.370 e. The predicted octanol–water partition coefficient (Wildman–Crippen LogP) is -4.44. The smallest absolute Gasteiger partial charge is 0.246 e. The SMILES string of the molecule is CC[C@H](C)[C@@H]1NC(=O)[C@H](Cc2ccccc2)NC(=O)[C@@H](N)CSSC[C@@H](C(=O)N2CCC[C@H]2C(=O)N[C@@H](CCCCN)C(=O)NCC(N)=O)NC(=O)[C@H](CC(N)=O)NC(=O)C(CCCN=C(N)N)NC1=O. The normalized spacial score (nSPS) is 23.8. The number of rotatable bonds is 20. The number of hydrogen-bond donors (Lipinski definition) is 13. The Hall–Kier alpha value is -6.19. The van der Waals surface area contributed by atoms with Crippen LogP contribution >= 0.6 is 21.6 Å². The van der Waals surface area contributed by atoms with Gasteiger partial charge in [0.05, 0.1) is 19.0 Å². The summed E-state index contributed by atoms with van der Waals surface area (Å²) in [6, 6.07) is -1.54. The zero-order valence-electron chi connectivity index (χ0n) is 40.2. The van der Waals surface area contributed by atoms with Crippen LogP contribution in [-0.2, 0) is 54.4 Å². The molecule has 2 saturated heterocycles. The Kier molecular flexibility index (Phi) is 25.4. The van der Waals surface area contributed by atoms with Crippen molar-refractivity contribution in [2.45, 2.75) is 126 Å². The topological polar surface area (TPSA) is 427 Å². The van der Waals surface area contributed by atoms with E-state index in [0.717, 1.165) is 21.6 Å². The van der Waals surface area contributed by atoms with Gasteiger partial charge < -0.3 is 76.5 Å². The van der Waals surface area contributed by atoms with Crippen molar-refractivity contribution in [2.24, 2.45) is 45.3 Å².